The average Bonchev–Trinajstić information content (AvgIpc) is 3.11. The van der Waals surface area contributed by atoms with E-state index in [0.29, 0.717) is 16.5 Å². The molecule has 128 valence electrons. The minimum Gasteiger partial charge on any atom is -0.305 e. The number of pyridine rings is 3. The quantitative estimate of drug-likeness (QED) is 0.597. The first-order valence-electron chi connectivity index (χ1n) is 7.92. The number of hydrogen-bond acceptors (Lipinski definition) is 4. The summed E-state index contributed by atoms with van der Waals surface area (Å²) in [7, 11) is 0. The minimum absolute atomic E-state index is 0.286. The largest absolute Gasteiger partial charge is 0.305 e. The number of nitrogens with zero attached hydrogens (tertiary/aromatic N) is 4. The van der Waals surface area contributed by atoms with Crippen LogP contribution in [0.2, 0.25) is 5.02 Å². The van der Waals surface area contributed by atoms with Crippen molar-refractivity contribution >= 4 is 28.8 Å². The Kier molecular flexibility index (Phi) is 4.10. The van der Waals surface area contributed by atoms with Gasteiger partial charge in [0.05, 0.1) is 23.1 Å². The van der Waals surface area contributed by atoms with E-state index in [0.717, 1.165) is 22.2 Å². The van der Waals surface area contributed by atoms with Crippen LogP contribution in [-0.4, -0.2) is 25.3 Å². The molecule has 4 rings (SSSR count). The van der Waals surface area contributed by atoms with Crippen molar-refractivity contribution in [1.29, 1.82) is 0 Å². The summed E-state index contributed by atoms with van der Waals surface area (Å²) in [6.07, 6.45) is 8.35. The number of fused-ring (bicyclic) bond motifs is 1. The van der Waals surface area contributed by atoms with E-state index in [9.17, 15) is 4.79 Å². The molecule has 0 fully saturated rings. The third-order valence-electron chi connectivity index (χ3n) is 4.07. The van der Waals surface area contributed by atoms with Crippen LogP contribution in [0, 0.1) is 6.92 Å². The number of halogens is 1. The molecule has 0 aromatic carbocycles. The highest BCUT2D eigenvalue weighted by Gasteiger charge is 2.15. The standard InChI is InChI=1S/C19H14ClN5O/c1-12-4-5-21-10-16(12)13-6-15-9-22-11-25(15)17(7-13)19(26)24-18-3-2-14(20)8-23-18/h2-11H,1H3,(H,23,24,26). The van der Waals surface area contributed by atoms with E-state index >= 15 is 0 Å². The van der Waals surface area contributed by atoms with Gasteiger partial charge in [-0.3, -0.25) is 14.2 Å². The molecule has 6 nitrogen and oxygen atoms in total. The van der Waals surface area contributed by atoms with Gasteiger partial charge in [-0.05, 0) is 48.4 Å². The lowest BCUT2D eigenvalue weighted by Gasteiger charge is -2.11. The third kappa shape index (κ3) is 3.02. The predicted molar refractivity (Wildman–Crippen MR) is 100 cm³/mol. The van der Waals surface area contributed by atoms with Gasteiger partial charge in [-0.15, -0.1) is 0 Å². The van der Waals surface area contributed by atoms with Gasteiger partial charge in [-0.1, -0.05) is 11.6 Å². The normalized spacial score (nSPS) is 10.8. The monoisotopic (exact) mass is 363 g/mol. The number of nitrogens with one attached hydrogen (secondary N) is 1. The minimum atomic E-state index is -0.286. The highest BCUT2D eigenvalue weighted by Crippen LogP contribution is 2.25. The number of carbonyl (C=O) groups is 1. The predicted octanol–water partition coefficient (Wildman–Crippen LogP) is 4.01. The molecule has 0 radical (unpaired) electrons. The Morgan fingerprint density at radius 2 is 2.00 bits per heavy atom. The number of amides is 1. The van der Waals surface area contributed by atoms with Crippen LogP contribution in [0.3, 0.4) is 0 Å². The Labute approximate surface area is 154 Å². The lowest BCUT2D eigenvalue weighted by molar-refractivity contribution is 0.102. The summed E-state index contributed by atoms with van der Waals surface area (Å²) in [5, 5.41) is 3.30. The number of anilines is 1. The van der Waals surface area contributed by atoms with Gasteiger partial charge in [0.25, 0.3) is 5.91 Å². The van der Waals surface area contributed by atoms with Gasteiger partial charge in [0.15, 0.2) is 0 Å². The first-order valence-corrected chi connectivity index (χ1v) is 8.29. The molecule has 7 heteroatoms. The molecule has 0 aliphatic rings. The van der Waals surface area contributed by atoms with E-state index in [2.05, 4.69) is 20.3 Å². The Balaban J connectivity index is 1.78. The summed E-state index contributed by atoms with van der Waals surface area (Å²) in [5.41, 5.74) is 4.22. The van der Waals surface area contributed by atoms with Crippen molar-refractivity contribution in [3.63, 3.8) is 0 Å². The van der Waals surface area contributed by atoms with E-state index in [4.69, 9.17) is 11.6 Å². The zero-order valence-corrected chi connectivity index (χ0v) is 14.6. The van der Waals surface area contributed by atoms with Crippen LogP contribution in [0.1, 0.15) is 16.1 Å². The van der Waals surface area contributed by atoms with Crippen molar-refractivity contribution < 1.29 is 4.79 Å². The van der Waals surface area contributed by atoms with Crippen LogP contribution in [0.4, 0.5) is 5.82 Å². The van der Waals surface area contributed by atoms with Crippen LogP contribution < -0.4 is 5.32 Å². The molecule has 4 aromatic rings. The summed E-state index contributed by atoms with van der Waals surface area (Å²) >= 11 is 5.84. The smallest absolute Gasteiger partial charge is 0.273 e. The average molecular weight is 364 g/mol. The zero-order chi connectivity index (χ0) is 18.1. The maximum Gasteiger partial charge on any atom is 0.273 e. The van der Waals surface area contributed by atoms with Crippen molar-refractivity contribution in [3.8, 4) is 11.1 Å². The summed E-state index contributed by atoms with van der Waals surface area (Å²) < 4.78 is 1.74. The van der Waals surface area contributed by atoms with Gasteiger partial charge in [0, 0.05) is 24.2 Å². The van der Waals surface area contributed by atoms with Crippen molar-refractivity contribution in [3.05, 3.63) is 77.7 Å². The van der Waals surface area contributed by atoms with Crippen molar-refractivity contribution in [2.75, 3.05) is 5.32 Å². The summed E-state index contributed by atoms with van der Waals surface area (Å²) in [5.74, 6) is 0.141. The highest BCUT2D eigenvalue weighted by molar-refractivity contribution is 6.30. The third-order valence-corrected chi connectivity index (χ3v) is 4.30. The Morgan fingerprint density at radius 1 is 1.12 bits per heavy atom. The van der Waals surface area contributed by atoms with Crippen LogP contribution in [-0.2, 0) is 0 Å². The molecule has 1 amide bonds. The summed E-state index contributed by atoms with van der Waals surface area (Å²) in [4.78, 5) is 25.3. The first kappa shape index (κ1) is 16.2. The maximum absolute atomic E-state index is 12.8. The van der Waals surface area contributed by atoms with Gasteiger partial charge >= 0.3 is 0 Å². The number of aryl methyl sites for hydroxylation is 1. The molecule has 0 saturated heterocycles. The SMILES string of the molecule is Cc1ccncc1-c1cc(C(=O)Nc2ccc(Cl)cn2)n2cncc2c1. The maximum atomic E-state index is 12.8. The number of imidazole rings is 1. The van der Waals surface area contributed by atoms with E-state index in [1.807, 2.05) is 25.1 Å². The zero-order valence-electron chi connectivity index (χ0n) is 13.8. The van der Waals surface area contributed by atoms with Crippen LogP contribution in [0.15, 0.2) is 61.4 Å². The number of aromatic nitrogens is 4. The highest BCUT2D eigenvalue weighted by atomic mass is 35.5. The van der Waals surface area contributed by atoms with Crippen LogP contribution in [0.5, 0.6) is 0 Å². The second-order valence-corrected chi connectivity index (χ2v) is 6.26. The molecule has 1 N–H and O–H groups in total. The fourth-order valence-electron chi connectivity index (χ4n) is 2.76. The summed E-state index contributed by atoms with van der Waals surface area (Å²) in [6, 6.07) is 9.07. The van der Waals surface area contributed by atoms with Gasteiger partial charge < -0.3 is 5.32 Å². The number of rotatable bonds is 3. The van der Waals surface area contributed by atoms with Gasteiger partial charge in [0.2, 0.25) is 0 Å². The van der Waals surface area contributed by atoms with E-state index < -0.39 is 0 Å². The second kappa shape index (κ2) is 6.57. The number of hydrogen-bond donors (Lipinski definition) is 1. The molecule has 0 spiro atoms. The van der Waals surface area contributed by atoms with Crippen molar-refractivity contribution in [2.24, 2.45) is 0 Å². The molecular weight excluding hydrogens is 350 g/mol. The Morgan fingerprint density at radius 3 is 2.77 bits per heavy atom. The van der Waals surface area contributed by atoms with Gasteiger partial charge in [-0.2, -0.15) is 0 Å². The van der Waals surface area contributed by atoms with E-state index in [-0.39, 0.29) is 5.91 Å². The van der Waals surface area contributed by atoms with Crippen molar-refractivity contribution in [1.82, 2.24) is 19.4 Å². The molecule has 0 aliphatic heterocycles. The molecule has 0 unspecified atom stereocenters. The fraction of sp³-hybridized carbons (Fsp3) is 0.0526. The van der Waals surface area contributed by atoms with Gasteiger partial charge in [-0.25, -0.2) is 9.97 Å². The van der Waals surface area contributed by atoms with E-state index in [1.54, 1.807) is 41.5 Å². The molecular formula is C19H14ClN5O. The lowest BCUT2D eigenvalue weighted by Crippen LogP contribution is -2.16. The molecule has 4 heterocycles. The second-order valence-electron chi connectivity index (χ2n) is 5.82. The Bertz CT molecular complexity index is 1100. The molecule has 0 aliphatic carbocycles. The molecule has 0 bridgehead atoms. The lowest BCUT2D eigenvalue weighted by atomic mass is 10.0. The van der Waals surface area contributed by atoms with E-state index in [1.165, 1.54) is 6.20 Å². The molecule has 0 saturated carbocycles. The number of carbonyl (C=O) groups excluding carboxylic acids is 1. The first-order chi connectivity index (χ1) is 12.6. The topological polar surface area (TPSA) is 72.2 Å². The van der Waals surface area contributed by atoms with Gasteiger partial charge in [0.1, 0.15) is 11.5 Å². The van der Waals surface area contributed by atoms with Crippen molar-refractivity contribution in [2.45, 2.75) is 6.92 Å². The molecule has 26 heavy (non-hydrogen) atoms. The molecule has 0 atom stereocenters. The Hall–Kier alpha value is -3.25. The fourth-order valence-corrected chi connectivity index (χ4v) is 2.87. The van der Waals surface area contributed by atoms with Crippen LogP contribution in [0.25, 0.3) is 16.6 Å². The molecule has 4 aromatic heterocycles. The van der Waals surface area contributed by atoms with Crippen LogP contribution >= 0.6 is 11.6 Å². The summed E-state index contributed by atoms with van der Waals surface area (Å²) in [6.45, 7) is 2.01.